The average Bonchev–Trinajstić information content (AvgIpc) is 3.09. The summed E-state index contributed by atoms with van der Waals surface area (Å²) >= 11 is 0. The summed E-state index contributed by atoms with van der Waals surface area (Å²) in [5.74, 6) is -0.524. The Morgan fingerprint density at radius 1 is 1.27 bits per heavy atom. The van der Waals surface area contributed by atoms with Gasteiger partial charge in [0.25, 0.3) is 6.01 Å². The number of phenols is 1. The van der Waals surface area contributed by atoms with Crippen LogP contribution < -0.4 is 5.32 Å². The van der Waals surface area contributed by atoms with Gasteiger partial charge in [-0.1, -0.05) is 0 Å². The molecule has 2 aromatic heterocycles. The van der Waals surface area contributed by atoms with Crippen LogP contribution >= 0.6 is 0 Å². The van der Waals surface area contributed by atoms with Gasteiger partial charge < -0.3 is 24.8 Å². The van der Waals surface area contributed by atoms with E-state index in [0.717, 1.165) is 32.0 Å². The van der Waals surface area contributed by atoms with Crippen molar-refractivity contribution in [1.82, 2.24) is 14.9 Å². The zero-order valence-electron chi connectivity index (χ0n) is 18.7. The molecule has 3 aromatic rings. The summed E-state index contributed by atoms with van der Waals surface area (Å²) < 4.78 is 45.3. The molecule has 1 aromatic carbocycles. The maximum Gasteiger partial charge on any atom is 0.416 e. The monoisotopic (exact) mass is 464 g/mol. The van der Waals surface area contributed by atoms with Crippen LogP contribution in [-0.4, -0.2) is 57.4 Å². The molecule has 3 heterocycles. The number of hydrogen-bond acceptors (Lipinski definition) is 7. The first-order valence-electron chi connectivity index (χ1n) is 10.9. The molecule has 33 heavy (non-hydrogen) atoms. The maximum absolute atomic E-state index is 13.1. The van der Waals surface area contributed by atoms with Gasteiger partial charge in [-0.25, -0.2) is 4.98 Å². The van der Waals surface area contributed by atoms with Crippen LogP contribution in [0.4, 0.5) is 19.2 Å². The highest BCUT2D eigenvalue weighted by molar-refractivity contribution is 5.81. The topological polar surface area (TPSA) is 94.6 Å². The zero-order chi connectivity index (χ0) is 23.9. The number of likely N-dealkylation sites (tertiary alicyclic amines) is 1. The van der Waals surface area contributed by atoms with Crippen molar-refractivity contribution in [2.75, 3.05) is 25.5 Å². The molecule has 1 aliphatic rings. The number of rotatable bonds is 5. The number of aliphatic hydroxyl groups is 1. The fourth-order valence-corrected chi connectivity index (χ4v) is 4.36. The number of piperidine rings is 1. The largest absolute Gasteiger partial charge is 0.507 e. The second-order valence-electron chi connectivity index (χ2n) is 8.82. The summed E-state index contributed by atoms with van der Waals surface area (Å²) in [6.07, 6.45) is -3.01. The van der Waals surface area contributed by atoms with Gasteiger partial charge in [-0.2, -0.15) is 18.2 Å². The van der Waals surface area contributed by atoms with Crippen molar-refractivity contribution in [1.29, 1.82) is 0 Å². The van der Waals surface area contributed by atoms with Crippen molar-refractivity contribution in [3.63, 3.8) is 0 Å². The number of anilines is 1. The van der Waals surface area contributed by atoms with E-state index in [2.05, 4.69) is 20.2 Å². The van der Waals surface area contributed by atoms with Gasteiger partial charge in [-0.15, -0.1) is 0 Å². The van der Waals surface area contributed by atoms with Crippen molar-refractivity contribution in [2.45, 2.75) is 51.4 Å². The number of aryl methyl sites for hydroxylation is 1. The van der Waals surface area contributed by atoms with Gasteiger partial charge in [0.15, 0.2) is 5.58 Å². The number of alkyl halides is 3. The SMILES string of the molecule is Cc1cc(C(F)(F)F)cc(O)c1-c1cc(C[C@@H](C)O)c2oc(N[C@@H]3CCCN(C)C3)nc2n1. The molecule has 0 aliphatic carbocycles. The summed E-state index contributed by atoms with van der Waals surface area (Å²) in [7, 11) is 2.05. The van der Waals surface area contributed by atoms with Crippen molar-refractivity contribution >= 4 is 17.2 Å². The number of nitrogens with one attached hydrogen (secondary N) is 1. The van der Waals surface area contributed by atoms with Crippen LogP contribution in [0.5, 0.6) is 5.75 Å². The number of fused-ring (bicyclic) bond motifs is 1. The number of aromatic nitrogens is 2. The van der Waals surface area contributed by atoms with Crippen molar-refractivity contribution in [2.24, 2.45) is 0 Å². The molecule has 10 heteroatoms. The van der Waals surface area contributed by atoms with Crippen LogP contribution in [-0.2, 0) is 12.6 Å². The molecule has 178 valence electrons. The molecule has 1 saturated heterocycles. The van der Waals surface area contributed by atoms with E-state index in [1.807, 2.05) is 7.05 Å². The molecule has 0 bridgehead atoms. The van der Waals surface area contributed by atoms with E-state index in [1.165, 1.54) is 6.92 Å². The predicted octanol–water partition coefficient (Wildman–Crippen LogP) is 4.35. The number of hydrogen-bond donors (Lipinski definition) is 3. The Bertz CT molecular complexity index is 1140. The van der Waals surface area contributed by atoms with Crippen molar-refractivity contribution in [3.05, 3.63) is 34.9 Å². The van der Waals surface area contributed by atoms with Crippen LogP contribution in [0.15, 0.2) is 22.6 Å². The Morgan fingerprint density at radius 2 is 2.03 bits per heavy atom. The second-order valence-corrected chi connectivity index (χ2v) is 8.82. The van der Waals surface area contributed by atoms with Crippen LogP contribution in [0.25, 0.3) is 22.5 Å². The van der Waals surface area contributed by atoms with E-state index in [4.69, 9.17) is 4.42 Å². The smallest absolute Gasteiger partial charge is 0.416 e. The molecule has 4 rings (SSSR count). The predicted molar refractivity (Wildman–Crippen MR) is 118 cm³/mol. The average molecular weight is 464 g/mol. The van der Waals surface area contributed by atoms with Crippen LogP contribution in [0, 0.1) is 6.92 Å². The lowest BCUT2D eigenvalue weighted by atomic mass is 9.98. The number of pyridine rings is 1. The summed E-state index contributed by atoms with van der Waals surface area (Å²) in [6.45, 7) is 4.99. The second kappa shape index (κ2) is 8.83. The number of aromatic hydroxyl groups is 1. The summed E-state index contributed by atoms with van der Waals surface area (Å²) in [5, 5.41) is 23.7. The normalized spacial score (nSPS) is 18.6. The lowest BCUT2D eigenvalue weighted by molar-refractivity contribution is -0.137. The van der Waals surface area contributed by atoms with Crippen LogP contribution in [0.3, 0.4) is 0 Å². The molecule has 2 atom stereocenters. The van der Waals surface area contributed by atoms with Gasteiger partial charge in [0.05, 0.1) is 17.4 Å². The summed E-state index contributed by atoms with van der Waals surface area (Å²) in [6, 6.07) is 3.75. The van der Waals surface area contributed by atoms with Crippen LogP contribution in [0.2, 0.25) is 0 Å². The Morgan fingerprint density at radius 3 is 2.67 bits per heavy atom. The highest BCUT2D eigenvalue weighted by Gasteiger charge is 2.32. The van der Waals surface area contributed by atoms with E-state index in [9.17, 15) is 23.4 Å². The number of likely N-dealkylation sites (N-methyl/N-ethyl adjacent to an activating group) is 1. The molecule has 0 spiro atoms. The number of halogens is 3. The lowest BCUT2D eigenvalue weighted by Gasteiger charge is -2.29. The number of aliphatic hydroxyl groups excluding tert-OH is 1. The van der Waals surface area contributed by atoms with Gasteiger partial charge in [-0.3, -0.25) is 0 Å². The van der Waals surface area contributed by atoms with Crippen LogP contribution in [0.1, 0.15) is 36.5 Å². The highest BCUT2D eigenvalue weighted by atomic mass is 19.4. The quantitative estimate of drug-likeness (QED) is 0.517. The van der Waals surface area contributed by atoms with Gasteiger partial charge in [0.1, 0.15) is 5.75 Å². The third-order valence-electron chi connectivity index (χ3n) is 5.80. The molecule has 1 fully saturated rings. The molecular formula is C23H27F3N4O3. The first kappa shape index (κ1) is 23.3. The maximum atomic E-state index is 13.1. The number of oxazole rings is 1. The Hall–Kier alpha value is -2.85. The van der Waals surface area contributed by atoms with E-state index < -0.39 is 23.6 Å². The number of benzene rings is 1. The number of phenolic OH excluding ortho intramolecular Hbond substituents is 1. The zero-order valence-corrected chi connectivity index (χ0v) is 18.7. The van der Waals surface area contributed by atoms with E-state index >= 15 is 0 Å². The van der Waals surface area contributed by atoms with Gasteiger partial charge in [0, 0.05) is 30.1 Å². The molecule has 1 aliphatic heterocycles. The standard InChI is InChI=1S/C23H27F3N4O3/c1-12-7-15(23(24,25)26)10-18(32)19(12)17-9-14(8-13(2)31)20-21(28-17)29-22(33-20)27-16-5-4-6-30(3)11-16/h7,9-10,13,16,31-32H,4-6,8,11H2,1-3H3,(H,27,28,29)/t13-,16-/m1/s1. The Kier molecular flexibility index (Phi) is 6.24. The van der Waals surface area contributed by atoms with Crippen molar-refractivity contribution in [3.8, 4) is 17.0 Å². The molecule has 0 amide bonds. The fourth-order valence-electron chi connectivity index (χ4n) is 4.36. The lowest BCUT2D eigenvalue weighted by Crippen LogP contribution is -2.39. The van der Waals surface area contributed by atoms with Gasteiger partial charge >= 0.3 is 6.18 Å². The molecule has 0 radical (unpaired) electrons. The first-order valence-corrected chi connectivity index (χ1v) is 10.9. The summed E-state index contributed by atoms with van der Waals surface area (Å²) in [4.78, 5) is 11.1. The van der Waals surface area contributed by atoms with E-state index in [-0.39, 0.29) is 34.9 Å². The van der Waals surface area contributed by atoms with E-state index in [0.29, 0.717) is 23.2 Å². The molecular weight excluding hydrogens is 437 g/mol. The molecule has 0 unspecified atom stereocenters. The molecule has 0 saturated carbocycles. The third kappa shape index (κ3) is 5.06. The van der Waals surface area contributed by atoms with Gasteiger partial charge in [0.2, 0.25) is 5.65 Å². The molecule has 7 nitrogen and oxygen atoms in total. The summed E-state index contributed by atoms with van der Waals surface area (Å²) in [5.41, 5.74) is 0.998. The van der Waals surface area contributed by atoms with E-state index in [1.54, 1.807) is 13.0 Å². The Balaban J connectivity index is 1.77. The number of nitrogens with zero attached hydrogens (tertiary/aromatic N) is 3. The minimum absolute atomic E-state index is 0.165. The molecule has 3 N–H and O–H groups in total. The fraction of sp³-hybridized carbons (Fsp3) is 0.478. The minimum Gasteiger partial charge on any atom is -0.507 e. The minimum atomic E-state index is -4.57. The van der Waals surface area contributed by atoms with Gasteiger partial charge in [-0.05, 0) is 64.0 Å². The van der Waals surface area contributed by atoms with Crippen molar-refractivity contribution < 1.29 is 27.8 Å². The Labute approximate surface area is 189 Å². The third-order valence-corrected chi connectivity index (χ3v) is 5.80. The highest BCUT2D eigenvalue weighted by Crippen LogP contribution is 2.39. The first-order chi connectivity index (χ1) is 15.5.